The highest BCUT2D eigenvalue weighted by molar-refractivity contribution is 7.90. The zero-order valence-corrected chi connectivity index (χ0v) is 16.0. The molecule has 1 N–H and O–H groups in total. The lowest BCUT2D eigenvalue weighted by atomic mass is 9.81. The maximum atomic E-state index is 11.3. The van der Waals surface area contributed by atoms with Gasteiger partial charge < -0.3 is 5.32 Å². The van der Waals surface area contributed by atoms with E-state index in [2.05, 4.69) is 41.1 Å². The summed E-state index contributed by atoms with van der Waals surface area (Å²) in [6, 6.07) is 10.8. The van der Waals surface area contributed by atoms with Gasteiger partial charge in [0, 0.05) is 30.1 Å². The lowest BCUT2D eigenvalue weighted by Crippen LogP contribution is -2.43. The number of rotatable bonds is 7. The Kier molecular flexibility index (Phi) is 5.29. The highest BCUT2D eigenvalue weighted by atomic mass is 32.2. The van der Waals surface area contributed by atoms with Gasteiger partial charge in [0.05, 0.1) is 18.0 Å². The number of nitrogens with zero attached hydrogens (tertiary/aromatic N) is 2. The molecule has 5 nitrogen and oxygen atoms in total. The summed E-state index contributed by atoms with van der Waals surface area (Å²) >= 11 is 0. The van der Waals surface area contributed by atoms with Gasteiger partial charge in [-0.1, -0.05) is 30.3 Å². The van der Waals surface area contributed by atoms with Crippen LogP contribution in [-0.4, -0.2) is 36.2 Å². The molecule has 2 aromatic rings. The Hall–Kier alpha value is -1.66. The summed E-state index contributed by atoms with van der Waals surface area (Å²) in [5.74, 6) is 0.633. The quantitative estimate of drug-likeness (QED) is 0.823. The summed E-state index contributed by atoms with van der Waals surface area (Å²) in [6.45, 7) is 5.75. The molecule has 1 saturated carbocycles. The van der Waals surface area contributed by atoms with E-state index in [0.29, 0.717) is 17.7 Å². The van der Waals surface area contributed by atoms with Crippen molar-refractivity contribution in [1.29, 1.82) is 0 Å². The van der Waals surface area contributed by atoms with E-state index >= 15 is 0 Å². The van der Waals surface area contributed by atoms with Crippen molar-refractivity contribution < 1.29 is 8.42 Å². The van der Waals surface area contributed by atoms with Crippen LogP contribution in [0.3, 0.4) is 0 Å². The average Bonchev–Trinajstić information content (AvgIpc) is 2.76. The van der Waals surface area contributed by atoms with Crippen LogP contribution in [0.5, 0.6) is 0 Å². The minimum Gasteiger partial charge on any atom is -0.310 e. The van der Waals surface area contributed by atoms with Crippen molar-refractivity contribution >= 4 is 9.84 Å². The van der Waals surface area contributed by atoms with Crippen LogP contribution in [0.15, 0.2) is 30.3 Å². The molecule has 0 saturated heterocycles. The van der Waals surface area contributed by atoms with Gasteiger partial charge >= 0.3 is 0 Å². The third-order valence-corrected chi connectivity index (χ3v) is 6.13. The first-order chi connectivity index (χ1) is 11.8. The molecule has 0 spiro atoms. The van der Waals surface area contributed by atoms with Gasteiger partial charge in [-0.25, -0.2) is 8.42 Å². The van der Waals surface area contributed by atoms with Crippen LogP contribution in [0.25, 0.3) is 0 Å². The largest absolute Gasteiger partial charge is 0.310 e. The number of aryl methyl sites for hydroxylation is 1. The van der Waals surface area contributed by atoms with E-state index in [1.807, 2.05) is 18.2 Å². The second kappa shape index (κ2) is 7.30. The number of nitrogens with one attached hydrogen (secondary N) is 1. The van der Waals surface area contributed by atoms with Gasteiger partial charge in [-0.05, 0) is 38.2 Å². The summed E-state index contributed by atoms with van der Waals surface area (Å²) < 4.78 is 24.7. The highest BCUT2D eigenvalue weighted by Crippen LogP contribution is 2.29. The number of benzene rings is 1. The van der Waals surface area contributed by atoms with Gasteiger partial charge in [-0.15, -0.1) is 0 Å². The second-order valence-electron chi connectivity index (χ2n) is 7.30. The Morgan fingerprint density at radius 3 is 2.52 bits per heavy atom. The van der Waals surface area contributed by atoms with E-state index in [9.17, 15) is 8.42 Å². The predicted molar refractivity (Wildman–Crippen MR) is 100 cm³/mol. The molecule has 6 heteroatoms. The van der Waals surface area contributed by atoms with Gasteiger partial charge in [-0.2, -0.15) is 5.10 Å². The van der Waals surface area contributed by atoms with Gasteiger partial charge in [0.1, 0.15) is 9.84 Å². The van der Waals surface area contributed by atoms with Gasteiger partial charge in [0.15, 0.2) is 0 Å². The van der Waals surface area contributed by atoms with Gasteiger partial charge in [0.2, 0.25) is 0 Å². The van der Waals surface area contributed by atoms with Gasteiger partial charge in [-0.3, -0.25) is 4.68 Å². The first-order valence-electron chi connectivity index (χ1n) is 8.79. The summed E-state index contributed by atoms with van der Waals surface area (Å²) in [5, 5.41) is 8.25. The molecule has 25 heavy (non-hydrogen) atoms. The van der Waals surface area contributed by atoms with Crippen LogP contribution in [0.1, 0.15) is 35.4 Å². The van der Waals surface area contributed by atoms with Crippen molar-refractivity contribution in [3.63, 3.8) is 0 Å². The SMILES string of the molecule is Cc1nn(Cc2ccccc2)c(C)c1CNC1CC(CS(C)(=O)=O)C1. The fourth-order valence-corrected chi connectivity index (χ4v) is 4.74. The molecule has 0 atom stereocenters. The molecule has 0 amide bonds. The lowest BCUT2D eigenvalue weighted by molar-refractivity contribution is 0.242. The molecule has 3 rings (SSSR count). The smallest absolute Gasteiger partial charge is 0.147 e. The third kappa shape index (κ3) is 4.70. The van der Waals surface area contributed by atoms with Crippen LogP contribution in [0.4, 0.5) is 0 Å². The molecule has 1 aliphatic carbocycles. The molecule has 1 aromatic heterocycles. The molecule has 1 aromatic carbocycles. The number of aromatic nitrogens is 2. The summed E-state index contributed by atoms with van der Waals surface area (Å²) in [5.41, 5.74) is 4.76. The van der Waals surface area contributed by atoms with Crippen LogP contribution >= 0.6 is 0 Å². The van der Waals surface area contributed by atoms with E-state index in [-0.39, 0.29) is 0 Å². The topological polar surface area (TPSA) is 64.0 Å². The molecule has 0 bridgehead atoms. The van der Waals surface area contributed by atoms with Crippen molar-refractivity contribution in [1.82, 2.24) is 15.1 Å². The summed E-state index contributed by atoms with van der Waals surface area (Å²) in [7, 11) is -2.86. The molecule has 1 aliphatic rings. The van der Waals surface area contributed by atoms with Crippen LogP contribution in [0.2, 0.25) is 0 Å². The first kappa shape index (κ1) is 18.1. The molecule has 1 fully saturated rings. The fraction of sp³-hybridized carbons (Fsp3) is 0.526. The van der Waals surface area contributed by atoms with E-state index in [4.69, 9.17) is 0 Å². The molecular formula is C19H27N3O2S. The normalized spacial score (nSPS) is 20.4. The summed E-state index contributed by atoms with van der Waals surface area (Å²) in [6.07, 6.45) is 3.22. The lowest BCUT2D eigenvalue weighted by Gasteiger charge is -2.35. The zero-order valence-electron chi connectivity index (χ0n) is 15.2. The molecule has 136 valence electrons. The van der Waals surface area contributed by atoms with E-state index in [0.717, 1.165) is 31.6 Å². The summed E-state index contributed by atoms with van der Waals surface area (Å²) in [4.78, 5) is 0. The minimum absolute atomic E-state index is 0.315. The standard InChI is InChI=1S/C19H27N3O2S/c1-14-19(11-20-18-9-17(10-18)13-25(3,23)24)15(2)22(21-14)12-16-7-5-4-6-8-16/h4-8,17-18,20H,9-13H2,1-3H3. The zero-order chi connectivity index (χ0) is 18.0. The van der Waals surface area contributed by atoms with E-state index in [1.54, 1.807) is 0 Å². The number of hydrogen-bond acceptors (Lipinski definition) is 4. The monoisotopic (exact) mass is 361 g/mol. The van der Waals surface area contributed by atoms with Crippen LogP contribution < -0.4 is 5.32 Å². The van der Waals surface area contributed by atoms with Crippen molar-refractivity contribution in [3.8, 4) is 0 Å². The Balaban J connectivity index is 1.55. The molecular weight excluding hydrogens is 334 g/mol. The Morgan fingerprint density at radius 1 is 1.20 bits per heavy atom. The number of sulfone groups is 1. The minimum atomic E-state index is -2.86. The van der Waals surface area contributed by atoms with Gasteiger partial charge in [0.25, 0.3) is 0 Å². The van der Waals surface area contributed by atoms with E-state index in [1.165, 1.54) is 23.1 Å². The van der Waals surface area contributed by atoms with Crippen LogP contribution in [0, 0.1) is 19.8 Å². The first-order valence-corrected chi connectivity index (χ1v) is 10.9. The molecule has 0 radical (unpaired) electrons. The Labute approximate surface area is 150 Å². The fourth-order valence-electron chi connectivity index (χ4n) is 3.61. The third-order valence-electron chi connectivity index (χ3n) is 5.05. The Morgan fingerprint density at radius 2 is 1.88 bits per heavy atom. The van der Waals surface area contributed by atoms with Crippen molar-refractivity contribution in [3.05, 3.63) is 52.8 Å². The molecule has 1 heterocycles. The van der Waals surface area contributed by atoms with Crippen molar-refractivity contribution in [2.75, 3.05) is 12.0 Å². The number of hydrogen-bond donors (Lipinski definition) is 1. The second-order valence-corrected chi connectivity index (χ2v) is 9.49. The maximum Gasteiger partial charge on any atom is 0.147 e. The predicted octanol–water partition coefficient (Wildman–Crippen LogP) is 2.46. The highest BCUT2D eigenvalue weighted by Gasteiger charge is 2.31. The van der Waals surface area contributed by atoms with Crippen molar-refractivity contribution in [2.24, 2.45) is 5.92 Å². The molecule has 0 aliphatic heterocycles. The van der Waals surface area contributed by atoms with E-state index < -0.39 is 9.84 Å². The molecule has 0 unspecified atom stereocenters. The van der Waals surface area contributed by atoms with Crippen molar-refractivity contribution in [2.45, 2.75) is 45.8 Å². The average molecular weight is 362 g/mol. The maximum absolute atomic E-state index is 11.3. The Bertz CT molecular complexity index is 822. The van der Waals surface area contributed by atoms with Crippen LogP contribution in [-0.2, 0) is 22.9 Å².